The molecule has 17 nitrogen and oxygen atoms in total. The zero-order valence-electron chi connectivity index (χ0n) is 60.4. The number of phosphoric acid groups is 2. The lowest BCUT2D eigenvalue weighted by Crippen LogP contribution is -2.30. The SMILES string of the molecule is CCCCCC/C=C\C=C/CCCCCCCC(=O)OC[C@H](COP(=O)(O)OC[C@@H](O)COP(=O)(O)OC[C@@H](COC(=O)CCCCCCCCCC)OC(=O)CCCCCCCCCCCCCCC)OC(=O)CCCCCCCCCCCCCCCCCCCC. The van der Waals surface area contributed by atoms with E-state index in [2.05, 4.69) is 52.0 Å². The van der Waals surface area contributed by atoms with Gasteiger partial charge in [0.05, 0.1) is 26.4 Å². The lowest BCUT2D eigenvalue weighted by Gasteiger charge is -2.21. The van der Waals surface area contributed by atoms with E-state index < -0.39 is 97.5 Å². The monoisotopic (exact) mass is 1380 g/mol. The van der Waals surface area contributed by atoms with E-state index in [1.807, 2.05) is 0 Å². The van der Waals surface area contributed by atoms with Gasteiger partial charge in [-0.3, -0.25) is 37.3 Å². The van der Waals surface area contributed by atoms with Gasteiger partial charge in [0.25, 0.3) is 0 Å². The van der Waals surface area contributed by atoms with E-state index in [1.165, 1.54) is 180 Å². The van der Waals surface area contributed by atoms with E-state index in [-0.39, 0.29) is 25.7 Å². The Hall–Kier alpha value is -2.46. The van der Waals surface area contributed by atoms with Gasteiger partial charge in [0.15, 0.2) is 12.2 Å². The third kappa shape index (κ3) is 68.1. The van der Waals surface area contributed by atoms with Crippen molar-refractivity contribution in [1.29, 1.82) is 0 Å². The van der Waals surface area contributed by atoms with Crippen molar-refractivity contribution >= 4 is 39.5 Å². The van der Waals surface area contributed by atoms with Crippen LogP contribution in [0.5, 0.6) is 0 Å². The maximum atomic E-state index is 13.1. The van der Waals surface area contributed by atoms with Crippen molar-refractivity contribution < 1.29 is 80.2 Å². The van der Waals surface area contributed by atoms with Gasteiger partial charge in [0.2, 0.25) is 0 Å². The Morgan fingerprint density at radius 3 is 0.777 bits per heavy atom. The lowest BCUT2D eigenvalue weighted by atomic mass is 10.0. The molecule has 0 aliphatic rings. The van der Waals surface area contributed by atoms with Gasteiger partial charge in [-0.05, 0) is 51.4 Å². The van der Waals surface area contributed by atoms with E-state index in [0.717, 1.165) is 116 Å². The van der Waals surface area contributed by atoms with Crippen molar-refractivity contribution in [1.82, 2.24) is 0 Å². The summed E-state index contributed by atoms with van der Waals surface area (Å²) < 4.78 is 68.4. The first-order chi connectivity index (χ1) is 45.7. The van der Waals surface area contributed by atoms with Crippen LogP contribution in [0.1, 0.15) is 374 Å². The standard InChI is InChI=1S/C75H142O17P2/c1-5-9-13-17-21-25-28-31-33-34-35-37-40-43-46-50-54-58-62-75(80)92-71(66-86-73(78)60-56-52-48-44-41-39-36-32-29-26-22-18-14-10-6-2)68-90-94(83,84)88-64-69(76)63-87-93(81,82)89-67-70(65-85-72(77)59-55-51-47-24-20-16-12-8-4)91-74(79)61-57-53-49-45-42-38-30-27-23-19-15-11-7-3/h26,29,32,36,69-71,76H,5-25,27-28,30-31,33-35,37-68H2,1-4H3,(H,81,82)(H,83,84)/b29-26-,36-32-/t69-,70+,71+/m0/s1. The number of aliphatic hydroxyl groups is 1. The quantitative estimate of drug-likeness (QED) is 0.0169. The number of allylic oxidation sites excluding steroid dienone is 4. The average molecular weight is 1380 g/mol. The fourth-order valence-corrected chi connectivity index (χ4v) is 12.6. The fraction of sp³-hybridized carbons (Fsp3) is 0.893. The molecule has 19 heteroatoms. The van der Waals surface area contributed by atoms with Crippen LogP contribution in [0.3, 0.4) is 0 Å². The molecular weight excluding hydrogens is 1230 g/mol. The van der Waals surface area contributed by atoms with Gasteiger partial charge in [-0.2, -0.15) is 0 Å². The molecule has 0 aliphatic carbocycles. The number of rotatable bonds is 74. The molecule has 0 saturated carbocycles. The summed E-state index contributed by atoms with van der Waals surface area (Å²) in [6, 6.07) is 0. The van der Waals surface area contributed by atoms with E-state index in [0.29, 0.717) is 25.7 Å². The molecular formula is C75H142O17P2. The summed E-state index contributed by atoms with van der Waals surface area (Å²) >= 11 is 0. The number of phosphoric ester groups is 2. The van der Waals surface area contributed by atoms with Crippen LogP contribution in [-0.4, -0.2) is 96.7 Å². The second kappa shape index (κ2) is 69.0. The van der Waals surface area contributed by atoms with Crippen LogP contribution in [0.15, 0.2) is 24.3 Å². The molecule has 5 atom stereocenters. The van der Waals surface area contributed by atoms with Crippen LogP contribution in [0.25, 0.3) is 0 Å². The lowest BCUT2D eigenvalue weighted by molar-refractivity contribution is -0.161. The Labute approximate surface area is 573 Å². The van der Waals surface area contributed by atoms with E-state index in [9.17, 15) is 43.2 Å². The molecule has 0 amide bonds. The maximum absolute atomic E-state index is 13.1. The second-order valence-electron chi connectivity index (χ2n) is 26.4. The molecule has 3 N–H and O–H groups in total. The summed E-state index contributed by atoms with van der Waals surface area (Å²) in [5.41, 5.74) is 0. The molecule has 0 aromatic heterocycles. The van der Waals surface area contributed by atoms with E-state index in [1.54, 1.807) is 0 Å². The first kappa shape index (κ1) is 91.5. The number of esters is 4. The van der Waals surface area contributed by atoms with Gasteiger partial charge in [-0.15, -0.1) is 0 Å². The van der Waals surface area contributed by atoms with E-state index >= 15 is 0 Å². The molecule has 0 spiro atoms. The molecule has 0 aromatic carbocycles. The largest absolute Gasteiger partial charge is 0.472 e. The summed E-state index contributed by atoms with van der Waals surface area (Å²) in [6.07, 6.45) is 61.8. The summed E-state index contributed by atoms with van der Waals surface area (Å²) in [4.78, 5) is 72.7. The van der Waals surface area contributed by atoms with Crippen molar-refractivity contribution in [3.63, 3.8) is 0 Å². The highest BCUT2D eigenvalue weighted by Gasteiger charge is 2.30. The Balaban J connectivity index is 5.24. The average Bonchev–Trinajstić information content (AvgIpc) is 1.55. The topological polar surface area (TPSA) is 237 Å². The molecule has 0 aromatic rings. The third-order valence-electron chi connectivity index (χ3n) is 17.0. The first-order valence-electron chi connectivity index (χ1n) is 38.6. The zero-order valence-corrected chi connectivity index (χ0v) is 62.2. The van der Waals surface area contributed by atoms with Gasteiger partial charge < -0.3 is 33.8 Å². The van der Waals surface area contributed by atoms with Crippen LogP contribution >= 0.6 is 15.6 Å². The molecule has 0 fully saturated rings. The third-order valence-corrected chi connectivity index (χ3v) is 18.9. The van der Waals surface area contributed by atoms with Crippen LogP contribution in [0, 0.1) is 0 Å². The maximum Gasteiger partial charge on any atom is 0.472 e. The Kier molecular flexibility index (Phi) is 67.2. The highest BCUT2D eigenvalue weighted by atomic mass is 31.2. The van der Waals surface area contributed by atoms with Crippen LogP contribution < -0.4 is 0 Å². The van der Waals surface area contributed by atoms with Crippen molar-refractivity contribution in [2.45, 2.75) is 393 Å². The predicted molar refractivity (Wildman–Crippen MR) is 381 cm³/mol. The van der Waals surface area contributed by atoms with Gasteiger partial charge in [0.1, 0.15) is 19.3 Å². The minimum Gasteiger partial charge on any atom is -0.462 e. The predicted octanol–water partition coefficient (Wildman–Crippen LogP) is 21.8. The second-order valence-corrected chi connectivity index (χ2v) is 29.3. The van der Waals surface area contributed by atoms with Crippen LogP contribution in [0.4, 0.5) is 0 Å². The summed E-state index contributed by atoms with van der Waals surface area (Å²) in [5.74, 6) is -2.15. The molecule has 554 valence electrons. The number of carbonyl (C=O) groups is 4. The van der Waals surface area contributed by atoms with Crippen molar-refractivity contribution in [2.24, 2.45) is 0 Å². The summed E-state index contributed by atoms with van der Waals surface area (Å²) in [5, 5.41) is 10.6. The number of unbranched alkanes of at least 4 members (excludes halogenated alkanes) is 45. The van der Waals surface area contributed by atoms with Crippen LogP contribution in [-0.2, 0) is 65.4 Å². The minimum absolute atomic E-state index is 0.102. The fourth-order valence-electron chi connectivity index (χ4n) is 11.0. The Bertz CT molecular complexity index is 1880. The van der Waals surface area contributed by atoms with Crippen molar-refractivity contribution in [3.05, 3.63) is 24.3 Å². The molecule has 2 unspecified atom stereocenters. The van der Waals surface area contributed by atoms with Crippen molar-refractivity contribution in [3.8, 4) is 0 Å². The van der Waals surface area contributed by atoms with Gasteiger partial charge in [0, 0.05) is 25.7 Å². The highest BCUT2D eigenvalue weighted by molar-refractivity contribution is 7.47. The highest BCUT2D eigenvalue weighted by Crippen LogP contribution is 2.45. The molecule has 0 rings (SSSR count). The number of aliphatic hydroxyl groups excluding tert-OH is 1. The van der Waals surface area contributed by atoms with Gasteiger partial charge in [-0.1, -0.05) is 322 Å². The molecule has 0 saturated heterocycles. The van der Waals surface area contributed by atoms with Gasteiger partial charge in [-0.25, -0.2) is 9.13 Å². The molecule has 94 heavy (non-hydrogen) atoms. The number of ether oxygens (including phenoxy) is 4. The van der Waals surface area contributed by atoms with E-state index in [4.69, 9.17) is 37.0 Å². The molecule has 0 aliphatic heterocycles. The summed E-state index contributed by atoms with van der Waals surface area (Å²) in [7, 11) is -9.91. The number of hydrogen-bond acceptors (Lipinski definition) is 15. The smallest absolute Gasteiger partial charge is 0.462 e. The Morgan fingerprint density at radius 1 is 0.298 bits per heavy atom. The Morgan fingerprint density at radius 2 is 0.511 bits per heavy atom. The zero-order chi connectivity index (χ0) is 69.0. The number of carbonyl (C=O) groups excluding carboxylic acids is 4. The number of hydrogen-bond donors (Lipinski definition) is 3. The van der Waals surface area contributed by atoms with Gasteiger partial charge >= 0.3 is 39.5 Å². The molecule has 0 bridgehead atoms. The van der Waals surface area contributed by atoms with Crippen molar-refractivity contribution in [2.75, 3.05) is 39.6 Å². The normalized spacial score (nSPS) is 14.1. The van der Waals surface area contributed by atoms with Crippen LogP contribution in [0.2, 0.25) is 0 Å². The minimum atomic E-state index is -4.96. The molecule has 0 heterocycles. The molecule has 0 radical (unpaired) electrons. The first-order valence-corrected chi connectivity index (χ1v) is 41.6. The summed E-state index contributed by atoms with van der Waals surface area (Å²) in [6.45, 7) is 4.89.